The zero-order chi connectivity index (χ0) is 27.9. The summed E-state index contributed by atoms with van der Waals surface area (Å²) in [6.07, 6.45) is 0.722. The van der Waals surface area contributed by atoms with Crippen LogP contribution in [0.15, 0.2) is 66.7 Å². The standard InChI is InChI=1S/C29H31IN4O5/c1-32(14-13-20-9-5-4-6-10-20)28(36)19-33-17-21-11-7-8-12-24(21)34(29(33)37)18-27(35)31-23-15-22(30)25(38-2)16-26(23)39-3/h4-12,15-16H,13-14,17-19H2,1-3H3,(H,31,35). The molecule has 4 amide bonds. The van der Waals surface area contributed by atoms with E-state index in [-0.39, 0.29) is 25.5 Å². The Morgan fingerprint density at radius 1 is 0.974 bits per heavy atom. The van der Waals surface area contributed by atoms with Crippen LogP contribution in [0, 0.1) is 3.57 Å². The zero-order valence-corrected chi connectivity index (χ0v) is 24.3. The Bertz CT molecular complexity index is 1350. The summed E-state index contributed by atoms with van der Waals surface area (Å²) in [6, 6.07) is 20.4. The van der Waals surface area contributed by atoms with Crippen molar-refractivity contribution in [3.63, 3.8) is 0 Å². The third-order valence-corrected chi connectivity index (χ3v) is 7.37. The molecule has 3 aromatic carbocycles. The van der Waals surface area contributed by atoms with Gasteiger partial charge in [0.05, 0.1) is 35.7 Å². The summed E-state index contributed by atoms with van der Waals surface area (Å²) in [5.41, 5.74) is 3.12. The molecule has 1 heterocycles. The van der Waals surface area contributed by atoms with Crippen molar-refractivity contribution in [1.29, 1.82) is 0 Å². The number of amides is 4. The molecule has 0 saturated carbocycles. The van der Waals surface area contributed by atoms with E-state index in [1.165, 1.54) is 16.9 Å². The molecule has 0 saturated heterocycles. The van der Waals surface area contributed by atoms with Crippen molar-refractivity contribution in [3.05, 3.63) is 81.4 Å². The van der Waals surface area contributed by atoms with E-state index < -0.39 is 11.9 Å². The highest BCUT2D eigenvalue weighted by Gasteiger charge is 2.33. The first kappa shape index (κ1) is 28.2. The minimum absolute atomic E-state index is 0.0823. The minimum Gasteiger partial charge on any atom is -0.496 e. The molecule has 0 atom stereocenters. The second-order valence-electron chi connectivity index (χ2n) is 9.14. The van der Waals surface area contributed by atoms with Gasteiger partial charge in [-0.05, 0) is 52.3 Å². The highest BCUT2D eigenvalue weighted by Crippen LogP contribution is 2.34. The fourth-order valence-corrected chi connectivity index (χ4v) is 5.06. The number of benzene rings is 3. The number of hydrogen-bond donors (Lipinski definition) is 1. The van der Waals surface area contributed by atoms with E-state index in [2.05, 4.69) is 27.9 Å². The maximum absolute atomic E-state index is 13.5. The van der Waals surface area contributed by atoms with Crippen molar-refractivity contribution < 1.29 is 23.9 Å². The van der Waals surface area contributed by atoms with Crippen LogP contribution < -0.4 is 19.7 Å². The Hall–Kier alpha value is -3.80. The van der Waals surface area contributed by atoms with Crippen LogP contribution in [0.1, 0.15) is 11.1 Å². The number of rotatable bonds is 10. The van der Waals surface area contributed by atoms with Crippen molar-refractivity contribution in [2.45, 2.75) is 13.0 Å². The van der Waals surface area contributed by atoms with Gasteiger partial charge in [0, 0.05) is 19.7 Å². The van der Waals surface area contributed by atoms with Gasteiger partial charge in [0.15, 0.2) is 0 Å². The fraction of sp³-hybridized carbons (Fsp3) is 0.276. The van der Waals surface area contributed by atoms with Gasteiger partial charge in [-0.1, -0.05) is 48.5 Å². The van der Waals surface area contributed by atoms with Crippen molar-refractivity contribution in [1.82, 2.24) is 9.80 Å². The van der Waals surface area contributed by atoms with Gasteiger partial charge in [0.25, 0.3) is 0 Å². The molecular weight excluding hydrogens is 611 g/mol. The molecule has 0 aliphatic carbocycles. The SMILES string of the molecule is COc1cc(OC)c(NC(=O)CN2C(=O)N(CC(=O)N(C)CCc3ccccc3)Cc3ccccc32)cc1I. The molecule has 10 heteroatoms. The van der Waals surface area contributed by atoms with Crippen molar-refractivity contribution in [2.75, 3.05) is 51.1 Å². The number of para-hydroxylation sites is 1. The Labute approximate surface area is 241 Å². The smallest absolute Gasteiger partial charge is 0.325 e. The molecule has 3 aromatic rings. The summed E-state index contributed by atoms with van der Waals surface area (Å²) >= 11 is 2.11. The van der Waals surface area contributed by atoms with Crippen molar-refractivity contribution >= 4 is 51.8 Å². The van der Waals surface area contributed by atoms with Crippen molar-refractivity contribution in [3.8, 4) is 11.5 Å². The lowest BCUT2D eigenvalue weighted by Gasteiger charge is -2.37. The van der Waals surface area contributed by atoms with E-state index in [9.17, 15) is 14.4 Å². The van der Waals surface area contributed by atoms with Gasteiger partial charge in [0.1, 0.15) is 24.6 Å². The first-order valence-corrected chi connectivity index (χ1v) is 13.5. The van der Waals surface area contributed by atoms with E-state index >= 15 is 0 Å². The number of carbonyl (C=O) groups excluding carboxylic acids is 3. The van der Waals surface area contributed by atoms with Crippen LogP contribution in [0.25, 0.3) is 0 Å². The van der Waals surface area contributed by atoms with E-state index in [1.54, 1.807) is 31.2 Å². The summed E-state index contributed by atoms with van der Waals surface area (Å²) in [6.45, 7) is 0.517. The number of methoxy groups -OCH3 is 2. The van der Waals surface area contributed by atoms with E-state index in [0.717, 1.165) is 21.1 Å². The van der Waals surface area contributed by atoms with E-state index in [4.69, 9.17) is 9.47 Å². The molecule has 0 spiro atoms. The van der Waals surface area contributed by atoms with Gasteiger partial charge in [-0.2, -0.15) is 0 Å². The third-order valence-electron chi connectivity index (χ3n) is 6.53. The van der Waals surface area contributed by atoms with Gasteiger partial charge >= 0.3 is 6.03 Å². The molecule has 0 bridgehead atoms. The second-order valence-corrected chi connectivity index (χ2v) is 10.3. The lowest BCUT2D eigenvalue weighted by molar-refractivity contribution is -0.130. The Morgan fingerprint density at radius 3 is 2.38 bits per heavy atom. The monoisotopic (exact) mass is 642 g/mol. The van der Waals surface area contributed by atoms with E-state index in [1.807, 2.05) is 54.6 Å². The van der Waals surface area contributed by atoms with Gasteiger partial charge in [-0.25, -0.2) is 4.79 Å². The average Bonchev–Trinajstić information content (AvgIpc) is 2.94. The molecule has 1 N–H and O–H groups in total. The maximum Gasteiger partial charge on any atom is 0.325 e. The normalized spacial score (nSPS) is 12.6. The van der Waals surface area contributed by atoms with Gasteiger partial charge in [-0.15, -0.1) is 0 Å². The fourth-order valence-electron chi connectivity index (χ4n) is 4.37. The van der Waals surface area contributed by atoms with Crippen LogP contribution in [-0.4, -0.2) is 68.5 Å². The number of hydrogen-bond acceptors (Lipinski definition) is 5. The summed E-state index contributed by atoms with van der Waals surface area (Å²) < 4.78 is 11.5. The molecule has 0 aromatic heterocycles. The highest BCUT2D eigenvalue weighted by atomic mass is 127. The van der Waals surface area contributed by atoms with Gasteiger partial charge in [0.2, 0.25) is 11.8 Å². The first-order chi connectivity index (χ1) is 18.8. The highest BCUT2D eigenvalue weighted by molar-refractivity contribution is 14.1. The summed E-state index contributed by atoms with van der Waals surface area (Å²) in [5.74, 6) is 0.502. The largest absolute Gasteiger partial charge is 0.496 e. The molecular formula is C29H31IN4O5. The number of likely N-dealkylation sites (N-methyl/N-ethyl adjacent to an activating group) is 1. The average molecular weight is 642 g/mol. The number of ether oxygens (including phenoxy) is 2. The number of urea groups is 1. The maximum atomic E-state index is 13.5. The van der Waals surface area contributed by atoms with Gasteiger partial charge in [-0.3, -0.25) is 14.5 Å². The van der Waals surface area contributed by atoms with Crippen LogP contribution in [0.3, 0.4) is 0 Å². The zero-order valence-electron chi connectivity index (χ0n) is 22.1. The molecule has 4 rings (SSSR count). The van der Waals surface area contributed by atoms with Crippen LogP contribution in [0.5, 0.6) is 11.5 Å². The molecule has 9 nitrogen and oxygen atoms in total. The molecule has 0 unspecified atom stereocenters. The van der Waals surface area contributed by atoms with Crippen LogP contribution >= 0.6 is 22.6 Å². The Morgan fingerprint density at radius 2 is 1.67 bits per heavy atom. The Kier molecular flexibility index (Phi) is 9.28. The van der Waals surface area contributed by atoms with Gasteiger partial charge < -0.3 is 24.6 Å². The van der Waals surface area contributed by atoms with Crippen LogP contribution in [-0.2, 0) is 22.6 Å². The number of nitrogens with one attached hydrogen (secondary N) is 1. The minimum atomic E-state index is -0.398. The predicted octanol–water partition coefficient (Wildman–Crippen LogP) is 4.39. The second kappa shape index (κ2) is 12.8. The number of anilines is 2. The Balaban J connectivity index is 1.46. The number of nitrogens with zero attached hydrogens (tertiary/aromatic N) is 3. The number of halogens is 1. The predicted molar refractivity (Wildman–Crippen MR) is 158 cm³/mol. The van der Waals surface area contributed by atoms with Crippen LogP contribution in [0.2, 0.25) is 0 Å². The van der Waals surface area contributed by atoms with Crippen LogP contribution in [0.4, 0.5) is 16.2 Å². The molecule has 0 fully saturated rings. The van der Waals surface area contributed by atoms with E-state index in [0.29, 0.717) is 29.4 Å². The molecule has 39 heavy (non-hydrogen) atoms. The van der Waals surface area contributed by atoms with Crippen molar-refractivity contribution in [2.24, 2.45) is 0 Å². The molecule has 1 aliphatic heterocycles. The third kappa shape index (κ3) is 6.80. The molecule has 1 aliphatic rings. The molecule has 0 radical (unpaired) electrons. The quantitative estimate of drug-likeness (QED) is 0.332. The lowest BCUT2D eigenvalue weighted by atomic mass is 10.1. The molecule has 204 valence electrons. The summed E-state index contributed by atoms with van der Waals surface area (Å²) in [7, 11) is 4.81. The number of fused-ring (bicyclic) bond motifs is 1. The summed E-state index contributed by atoms with van der Waals surface area (Å²) in [4.78, 5) is 44.2. The first-order valence-electron chi connectivity index (χ1n) is 12.4. The summed E-state index contributed by atoms with van der Waals surface area (Å²) in [5, 5.41) is 2.85. The topological polar surface area (TPSA) is 91.4 Å². The lowest BCUT2D eigenvalue weighted by Crippen LogP contribution is -2.52. The number of carbonyl (C=O) groups is 3.